The van der Waals surface area contributed by atoms with E-state index in [1.807, 2.05) is 6.92 Å². The molecule has 1 rings (SSSR count). The third-order valence-electron chi connectivity index (χ3n) is 2.77. The van der Waals surface area contributed by atoms with Crippen molar-refractivity contribution in [2.75, 3.05) is 13.2 Å². The van der Waals surface area contributed by atoms with Crippen LogP contribution < -0.4 is 11.1 Å². The maximum Gasteiger partial charge on any atom is 0.234 e. The van der Waals surface area contributed by atoms with Gasteiger partial charge >= 0.3 is 0 Å². The van der Waals surface area contributed by atoms with Gasteiger partial charge in [-0.1, -0.05) is 6.92 Å². The molecule has 4 heteroatoms. The number of carbonyl (C=O) groups excluding carboxylic acids is 1. The quantitative estimate of drug-likeness (QED) is 0.529. The minimum atomic E-state index is -0.309. The molecule has 76 valence electrons. The second-order valence-electron chi connectivity index (χ2n) is 3.90. The molecule has 0 saturated heterocycles. The van der Waals surface area contributed by atoms with Crippen LogP contribution in [0.2, 0.25) is 0 Å². The number of rotatable bonds is 6. The topological polar surface area (TPSA) is 75.3 Å². The monoisotopic (exact) mass is 186 g/mol. The highest BCUT2D eigenvalue weighted by Crippen LogP contribution is 2.44. The maximum atomic E-state index is 10.9. The van der Waals surface area contributed by atoms with Crippen LogP contribution in [0.15, 0.2) is 0 Å². The Morgan fingerprint density at radius 1 is 1.69 bits per heavy atom. The summed E-state index contributed by atoms with van der Waals surface area (Å²) in [4.78, 5) is 10.9. The predicted molar refractivity (Wildman–Crippen MR) is 50.0 cm³/mol. The molecule has 0 bridgehead atoms. The van der Waals surface area contributed by atoms with E-state index in [1.165, 1.54) is 0 Å². The maximum absolute atomic E-state index is 10.9. The van der Waals surface area contributed by atoms with Gasteiger partial charge in [0.2, 0.25) is 5.91 Å². The first kappa shape index (κ1) is 10.5. The number of primary amides is 1. The first-order valence-corrected chi connectivity index (χ1v) is 4.77. The molecule has 0 aromatic heterocycles. The lowest BCUT2D eigenvalue weighted by atomic mass is 10.1. The molecule has 0 radical (unpaired) electrons. The third kappa shape index (κ3) is 2.67. The molecule has 1 unspecified atom stereocenters. The van der Waals surface area contributed by atoms with Crippen molar-refractivity contribution in [1.82, 2.24) is 5.32 Å². The number of hydrogen-bond donors (Lipinski definition) is 3. The summed E-state index contributed by atoms with van der Waals surface area (Å²) in [5, 5.41) is 12.1. The molecule has 1 saturated carbocycles. The van der Waals surface area contributed by atoms with Gasteiger partial charge in [0, 0.05) is 18.6 Å². The minimum Gasteiger partial charge on any atom is -0.396 e. The number of hydrogen-bond acceptors (Lipinski definition) is 3. The zero-order valence-corrected chi connectivity index (χ0v) is 8.05. The summed E-state index contributed by atoms with van der Waals surface area (Å²) in [6.07, 6.45) is 2.80. The first-order valence-electron chi connectivity index (χ1n) is 4.77. The summed E-state index contributed by atoms with van der Waals surface area (Å²) in [7, 11) is 0. The van der Waals surface area contributed by atoms with Crippen molar-refractivity contribution in [3.8, 4) is 0 Å². The molecule has 1 aliphatic carbocycles. The second kappa shape index (κ2) is 4.07. The van der Waals surface area contributed by atoms with Crippen molar-refractivity contribution in [3.05, 3.63) is 0 Å². The lowest BCUT2D eigenvalue weighted by molar-refractivity contribution is -0.120. The van der Waals surface area contributed by atoms with Crippen LogP contribution in [0.4, 0.5) is 0 Å². The van der Waals surface area contributed by atoms with E-state index in [4.69, 9.17) is 10.8 Å². The van der Waals surface area contributed by atoms with E-state index >= 15 is 0 Å². The Balaban J connectivity index is 2.27. The first-order chi connectivity index (χ1) is 6.13. The zero-order chi connectivity index (χ0) is 9.90. The Hall–Kier alpha value is -0.610. The number of amides is 1. The van der Waals surface area contributed by atoms with Crippen molar-refractivity contribution in [1.29, 1.82) is 0 Å². The molecule has 0 aromatic carbocycles. The van der Waals surface area contributed by atoms with Gasteiger partial charge in [-0.2, -0.15) is 0 Å². The summed E-state index contributed by atoms with van der Waals surface area (Å²) in [6.45, 7) is 2.82. The van der Waals surface area contributed by atoms with Crippen molar-refractivity contribution in [3.63, 3.8) is 0 Å². The van der Waals surface area contributed by atoms with Crippen molar-refractivity contribution in [2.45, 2.75) is 32.2 Å². The fourth-order valence-corrected chi connectivity index (χ4v) is 1.35. The highest BCUT2D eigenvalue weighted by Gasteiger charge is 2.42. The third-order valence-corrected chi connectivity index (χ3v) is 2.77. The molecule has 13 heavy (non-hydrogen) atoms. The molecular weight excluding hydrogens is 168 g/mol. The lowest BCUT2D eigenvalue weighted by Crippen LogP contribution is -2.43. The van der Waals surface area contributed by atoms with Crippen molar-refractivity contribution in [2.24, 2.45) is 11.1 Å². The minimum absolute atomic E-state index is 0.0445. The Bertz CT molecular complexity index is 190. The smallest absolute Gasteiger partial charge is 0.234 e. The van der Waals surface area contributed by atoms with Gasteiger partial charge in [0.25, 0.3) is 0 Å². The largest absolute Gasteiger partial charge is 0.396 e. The fraction of sp³-hybridized carbons (Fsp3) is 0.889. The number of aliphatic hydroxyl groups is 1. The van der Waals surface area contributed by atoms with Gasteiger partial charge in [0.05, 0.1) is 6.04 Å². The normalized spacial score (nSPS) is 21.1. The van der Waals surface area contributed by atoms with Gasteiger partial charge in [-0.05, 0) is 19.3 Å². The molecule has 0 spiro atoms. The van der Waals surface area contributed by atoms with Gasteiger partial charge in [0.1, 0.15) is 0 Å². The molecule has 1 aliphatic rings. The summed E-state index contributed by atoms with van der Waals surface area (Å²) >= 11 is 0. The molecule has 0 aliphatic heterocycles. The average Bonchev–Trinajstić information content (AvgIpc) is 2.86. The van der Waals surface area contributed by atoms with Crippen LogP contribution in [-0.2, 0) is 4.79 Å². The summed E-state index contributed by atoms with van der Waals surface area (Å²) in [5.41, 5.74) is 5.22. The van der Waals surface area contributed by atoms with E-state index in [-0.39, 0.29) is 24.0 Å². The summed E-state index contributed by atoms with van der Waals surface area (Å²) in [5.74, 6) is -0.309. The number of carbonyl (C=O) groups is 1. The van der Waals surface area contributed by atoms with Gasteiger partial charge in [-0.3, -0.25) is 4.79 Å². The summed E-state index contributed by atoms with van der Waals surface area (Å²) < 4.78 is 0. The SMILES string of the molecule is CCC(NCC1(CO)CC1)C(N)=O. The Morgan fingerprint density at radius 3 is 2.62 bits per heavy atom. The van der Waals surface area contributed by atoms with E-state index in [2.05, 4.69) is 5.32 Å². The van der Waals surface area contributed by atoms with Crippen LogP contribution in [0.3, 0.4) is 0 Å². The second-order valence-corrected chi connectivity index (χ2v) is 3.90. The standard InChI is InChI=1S/C9H18N2O2/c1-2-7(8(10)13)11-5-9(6-12)3-4-9/h7,11-12H,2-6H2,1H3,(H2,10,13). The van der Waals surface area contributed by atoms with Gasteiger partial charge < -0.3 is 16.2 Å². The average molecular weight is 186 g/mol. The van der Waals surface area contributed by atoms with Gasteiger partial charge in [-0.25, -0.2) is 0 Å². The number of nitrogens with two attached hydrogens (primary N) is 1. The molecule has 1 fully saturated rings. The van der Waals surface area contributed by atoms with E-state index in [0.29, 0.717) is 13.0 Å². The van der Waals surface area contributed by atoms with Crippen LogP contribution in [0.25, 0.3) is 0 Å². The van der Waals surface area contributed by atoms with Gasteiger partial charge in [0.15, 0.2) is 0 Å². The fourth-order valence-electron chi connectivity index (χ4n) is 1.35. The number of nitrogens with one attached hydrogen (secondary N) is 1. The van der Waals surface area contributed by atoms with Crippen LogP contribution in [0, 0.1) is 5.41 Å². The van der Waals surface area contributed by atoms with E-state index in [0.717, 1.165) is 12.8 Å². The Labute approximate surface area is 78.5 Å². The molecule has 4 N–H and O–H groups in total. The predicted octanol–water partition coefficient (Wildman–Crippen LogP) is -0.388. The van der Waals surface area contributed by atoms with Crippen molar-refractivity contribution < 1.29 is 9.90 Å². The zero-order valence-electron chi connectivity index (χ0n) is 8.05. The molecule has 0 aromatic rings. The van der Waals surface area contributed by atoms with E-state index in [9.17, 15) is 4.79 Å². The van der Waals surface area contributed by atoms with Crippen LogP contribution >= 0.6 is 0 Å². The molecule has 1 atom stereocenters. The highest BCUT2D eigenvalue weighted by molar-refractivity contribution is 5.79. The summed E-state index contributed by atoms with van der Waals surface area (Å²) in [6, 6.07) is -0.246. The molecule has 0 heterocycles. The highest BCUT2D eigenvalue weighted by atomic mass is 16.3. The molecular formula is C9H18N2O2. The lowest BCUT2D eigenvalue weighted by Gasteiger charge is -2.17. The molecule has 1 amide bonds. The van der Waals surface area contributed by atoms with Crippen LogP contribution in [0.1, 0.15) is 26.2 Å². The van der Waals surface area contributed by atoms with Gasteiger partial charge in [-0.15, -0.1) is 0 Å². The van der Waals surface area contributed by atoms with Crippen molar-refractivity contribution >= 4 is 5.91 Å². The van der Waals surface area contributed by atoms with E-state index < -0.39 is 0 Å². The molecule has 4 nitrogen and oxygen atoms in total. The van der Waals surface area contributed by atoms with E-state index in [1.54, 1.807) is 0 Å². The number of aliphatic hydroxyl groups excluding tert-OH is 1. The van der Waals surface area contributed by atoms with Crippen LogP contribution in [-0.4, -0.2) is 30.2 Å². The van der Waals surface area contributed by atoms with Crippen LogP contribution in [0.5, 0.6) is 0 Å². The Kier molecular flexibility index (Phi) is 3.27. The Morgan fingerprint density at radius 2 is 2.31 bits per heavy atom.